The molecule has 4 heterocycles. The maximum atomic E-state index is 12.2. The van der Waals surface area contributed by atoms with E-state index in [-0.39, 0.29) is 11.7 Å². The van der Waals surface area contributed by atoms with Crippen LogP contribution in [0, 0.1) is 0 Å². The van der Waals surface area contributed by atoms with Crippen LogP contribution in [0.3, 0.4) is 0 Å². The second-order valence-corrected chi connectivity index (χ2v) is 11.9. The molecule has 0 atom stereocenters. The lowest BCUT2D eigenvalue weighted by atomic mass is 10.0. The van der Waals surface area contributed by atoms with Gasteiger partial charge in [-0.15, -0.1) is 0 Å². The Morgan fingerprint density at radius 2 is 1.73 bits per heavy atom. The van der Waals surface area contributed by atoms with Gasteiger partial charge in [-0.1, -0.05) is 30.8 Å². The number of carbonyl (C=O) groups is 1. The number of phenolic OH excluding ortho intramolecular Hbond substituents is 1. The Morgan fingerprint density at radius 3 is 2.49 bits per heavy atom. The summed E-state index contributed by atoms with van der Waals surface area (Å²) in [5, 5.41) is 16.4. The first-order valence-electron chi connectivity index (χ1n) is 15.1. The number of aromatic nitrogens is 2. The number of rotatable bonds is 6. The second-order valence-electron chi connectivity index (χ2n) is 11.9. The van der Waals surface area contributed by atoms with Crippen molar-refractivity contribution < 1.29 is 9.90 Å². The number of piperazine rings is 1. The number of piperidine rings is 1. The summed E-state index contributed by atoms with van der Waals surface area (Å²) >= 11 is 0. The minimum atomic E-state index is -0.0109. The summed E-state index contributed by atoms with van der Waals surface area (Å²) in [5.74, 6) is 1.97. The summed E-state index contributed by atoms with van der Waals surface area (Å²) in [7, 11) is 0. The summed E-state index contributed by atoms with van der Waals surface area (Å²) in [4.78, 5) is 31.6. The summed E-state index contributed by atoms with van der Waals surface area (Å²) in [6, 6.07) is 13.1. The number of benzene rings is 2. The van der Waals surface area contributed by atoms with Gasteiger partial charge in [0, 0.05) is 80.6 Å². The number of nitrogens with one attached hydrogen (secondary N) is 1. The van der Waals surface area contributed by atoms with Crippen molar-refractivity contribution in [1.29, 1.82) is 0 Å². The zero-order valence-corrected chi connectivity index (χ0v) is 23.6. The number of likely N-dealkylation sites (tertiary alicyclic amines) is 1. The van der Waals surface area contributed by atoms with E-state index in [9.17, 15) is 9.90 Å². The maximum Gasteiger partial charge on any atom is 0.246 e. The zero-order chi connectivity index (χ0) is 27.9. The molecule has 1 aromatic heterocycles. The Bertz CT molecular complexity index is 1460. The summed E-state index contributed by atoms with van der Waals surface area (Å²) in [6.45, 7) is 10.2. The van der Waals surface area contributed by atoms with Gasteiger partial charge < -0.3 is 30.0 Å². The lowest BCUT2D eigenvalue weighted by Crippen LogP contribution is -2.49. The minimum Gasteiger partial charge on any atom is -0.508 e. The third kappa shape index (κ3) is 5.30. The lowest BCUT2D eigenvalue weighted by molar-refractivity contribution is -0.126. The van der Waals surface area contributed by atoms with Gasteiger partial charge in [-0.3, -0.25) is 4.79 Å². The van der Waals surface area contributed by atoms with Crippen LogP contribution in [0.2, 0.25) is 0 Å². The molecule has 3 aromatic rings. The second kappa shape index (κ2) is 10.9. The highest BCUT2D eigenvalue weighted by Crippen LogP contribution is 2.36. The average molecular weight is 554 g/mol. The fourth-order valence-corrected chi connectivity index (χ4v) is 6.78. The fourth-order valence-electron chi connectivity index (χ4n) is 6.78. The summed E-state index contributed by atoms with van der Waals surface area (Å²) in [6.07, 6.45) is 7.14. The monoisotopic (exact) mass is 553 g/mol. The number of amides is 1. The number of fused-ring (bicyclic) bond motifs is 2. The number of aromatic hydroxyl groups is 1. The highest BCUT2D eigenvalue weighted by atomic mass is 16.3. The van der Waals surface area contributed by atoms with Gasteiger partial charge in [-0.2, -0.15) is 4.98 Å². The van der Waals surface area contributed by atoms with Crippen molar-refractivity contribution in [3.63, 3.8) is 0 Å². The number of carbonyl (C=O) groups excluding carboxylic acids is 1. The largest absolute Gasteiger partial charge is 0.508 e. The topological polar surface area (TPSA) is 88.1 Å². The highest BCUT2D eigenvalue weighted by Gasteiger charge is 2.33. The molecular formula is C32H39N7O2. The van der Waals surface area contributed by atoms with E-state index in [1.807, 2.05) is 35.2 Å². The van der Waals surface area contributed by atoms with Crippen molar-refractivity contribution in [2.24, 2.45) is 0 Å². The first-order chi connectivity index (χ1) is 20.1. The van der Waals surface area contributed by atoms with Gasteiger partial charge in [0.1, 0.15) is 11.6 Å². The fraction of sp³-hybridized carbons (Fsp3) is 0.469. The van der Waals surface area contributed by atoms with E-state index < -0.39 is 0 Å². The zero-order valence-electron chi connectivity index (χ0n) is 23.6. The van der Waals surface area contributed by atoms with Crippen molar-refractivity contribution in [2.45, 2.75) is 50.7 Å². The standard InChI is InChI=1S/C32H39N7O2/c1-2-30(41)37-15-17-38(18-16-37)31-27-11-14-39(29-20-25(40)19-22-5-3-4-6-26(22)29)21-28(27)34-32(35-31)33-23-9-12-36(13-10-23)24-7-8-24/h2-6,19-20,23-24,40H,1,7-18,21H2,(H,33,34,35). The van der Waals surface area contributed by atoms with Gasteiger partial charge in [0.2, 0.25) is 11.9 Å². The molecule has 2 aromatic carbocycles. The molecule has 214 valence electrons. The smallest absolute Gasteiger partial charge is 0.246 e. The molecule has 1 amide bonds. The van der Waals surface area contributed by atoms with E-state index >= 15 is 0 Å². The Morgan fingerprint density at radius 1 is 0.951 bits per heavy atom. The number of phenols is 1. The van der Waals surface area contributed by atoms with Crippen LogP contribution in [0.4, 0.5) is 17.5 Å². The van der Waals surface area contributed by atoms with Crippen molar-refractivity contribution >= 4 is 34.1 Å². The number of anilines is 3. The molecule has 3 aliphatic heterocycles. The third-order valence-electron chi connectivity index (χ3n) is 9.20. The highest BCUT2D eigenvalue weighted by molar-refractivity contribution is 5.95. The molecular weight excluding hydrogens is 514 g/mol. The Labute approximate surface area is 241 Å². The summed E-state index contributed by atoms with van der Waals surface area (Å²) in [5.41, 5.74) is 3.27. The molecule has 9 heteroatoms. The van der Waals surface area contributed by atoms with Gasteiger partial charge >= 0.3 is 0 Å². The van der Waals surface area contributed by atoms with Crippen LogP contribution < -0.4 is 15.1 Å². The molecule has 0 radical (unpaired) electrons. The van der Waals surface area contributed by atoms with E-state index in [2.05, 4.69) is 32.7 Å². The Kier molecular flexibility index (Phi) is 6.90. The van der Waals surface area contributed by atoms with Gasteiger partial charge in [0.05, 0.1) is 12.2 Å². The molecule has 1 aliphatic carbocycles. The van der Waals surface area contributed by atoms with Crippen LogP contribution in [-0.2, 0) is 17.8 Å². The van der Waals surface area contributed by atoms with Gasteiger partial charge in [-0.25, -0.2) is 4.98 Å². The molecule has 0 bridgehead atoms. The molecule has 1 saturated carbocycles. The van der Waals surface area contributed by atoms with Crippen molar-refractivity contribution in [3.05, 3.63) is 60.3 Å². The van der Waals surface area contributed by atoms with Crippen LogP contribution in [0.25, 0.3) is 10.8 Å². The maximum absolute atomic E-state index is 12.2. The molecule has 2 N–H and O–H groups in total. The van der Waals surface area contributed by atoms with Gasteiger partial charge in [-0.05, 0) is 49.6 Å². The number of hydrogen-bond donors (Lipinski definition) is 2. The molecule has 3 fully saturated rings. The average Bonchev–Trinajstić information content (AvgIpc) is 3.86. The third-order valence-corrected chi connectivity index (χ3v) is 9.20. The molecule has 0 unspecified atom stereocenters. The quantitative estimate of drug-likeness (QED) is 0.446. The lowest BCUT2D eigenvalue weighted by Gasteiger charge is -2.38. The Balaban J connectivity index is 1.18. The van der Waals surface area contributed by atoms with Crippen molar-refractivity contribution in [1.82, 2.24) is 19.8 Å². The van der Waals surface area contributed by atoms with Crippen molar-refractivity contribution in [2.75, 3.05) is 60.9 Å². The van der Waals surface area contributed by atoms with E-state index in [4.69, 9.17) is 9.97 Å². The van der Waals surface area contributed by atoms with E-state index in [1.165, 1.54) is 24.5 Å². The SMILES string of the molecule is C=CC(=O)N1CCN(c2nc(NC3CCN(C4CC4)CC3)nc3c2CCN(c2cc(O)cc4ccccc24)C3)CC1. The number of hydrogen-bond acceptors (Lipinski definition) is 8. The van der Waals surface area contributed by atoms with E-state index in [1.54, 1.807) is 0 Å². The van der Waals surface area contributed by atoms with Gasteiger partial charge in [0.15, 0.2) is 0 Å². The predicted octanol–water partition coefficient (Wildman–Crippen LogP) is 3.77. The molecule has 9 nitrogen and oxygen atoms in total. The molecule has 7 rings (SSSR count). The van der Waals surface area contributed by atoms with Crippen LogP contribution in [0.15, 0.2) is 49.1 Å². The molecule has 2 saturated heterocycles. The first kappa shape index (κ1) is 26.1. The molecule has 41 heavy (non-hydrogen) atoms. The van der Waals surface area contributed by atoms with E-state index in [0.29, 0.717) is 31.6 Å². The van der Waals surface area contributed by atoms with Crippen molar-refractivity contribution in [3.8, 4) is 5.75 Å². The molecule has 4 aliphatic rings. The normalized spacial score (nSPS) is 20.2. The Hall–Kier alpha value is -3.85. The van der Waals surface area contributed by atoms with Crippen LogP contribution in [0.5, 0.6) is 5.75 Å². The van der Waals surface area contributed by atoms with Crippen LogP contribution in [-0.4, -0.2) is 88.7 Å². The van der Waals surface area contributed by atoms with Gasteiger partial charge in [0.25, 0.3) is 0 Å². The first-order valence-corrected chi connectivity index (χ1v) is 15.1. The minimum absolute atomic E-state index is 0.0109. The van der Waals surface area contributed by atoms with Crippen LogP contribution in [0.1, 0.15) is 36.9 Å². The van der Waals surface area contributed by atoms with E-state index in [0.717, 1.165) is 86.0 Å². The molecule has 0 spiro atoms. The summed E-state index contributed by atoms with van der Waals surface area (Å²) < 4.78 is 0. The predicted molar refractivity (Wildman–Crippen MR) is 163 cm³/mol. The number of nitrogens with zero attached hydrogens (tertiary/aromatic N) is 6. The van der Waals surface area contributed by atoms with Crippen LogP contribution >= 0.6 is 0 Å².